The van der Waals surface area contributed by atoms with Crippen LogP contribution >= 0.6 is 27.5 Å². The van der Waals surface area contributed by atoms with Crippen molar-refractivity contribution in [2.24, 2.45) is 0 Å². The molecule has 0 spiro atoms. The lowest BCUT2D eigenvalue weighted by molar-refractivity contribution is 0.351. The van der Waals surface area contributed by atoms with E-state index < -0.39 is 0 Å². The summed E-state index contributed by atoms with van der Waals surface area (Å²) in [5.74, 6) is 1.02. The highest BCUT2D eigenvalue weighted by molar-refractivity contribution is 9.10. The zero-order chi connectivity index (χ0) is 14.1. The number of fused-ring (bicyclic) bond motifs is 1. The number of rotatable bonds is 3. The average molecular weight is 353 g/mol. The van der Waals surface area contributed by atoms with Gasteiger partial charge in [-0.25, -0.2) is 0 Å². The lowest BCUT2D eigenvalue weighted by Crippen LogP contribution is -2.18. The molecule has 0 radical (unpaired) electrons. The van der Waals surface area contributed by atoms with E-state index in [0.717, 1.165) is 39.4 Å². The zero-order valence-corrected chi connectivity index (χ0v) is 13.5. The van der Waals surface area contributed by atoms with Crippen LogP contribution in [0.1, 0.15) is 22.7 Å². The van der Waals surface area contributed by atoms with Gasteiger partial charge in [0.2, 0.25) is 0 Å². The average Bonchev–Trinajstić information content (AvgIpc) is 2.87. The molecule has 3 rings (SSSR count). The Morgan fingerprint density at radius 2 is 2.15 bits per heavy atom. The summed E-state index contributed by atoms with van der Waals surface area (Å²) < 4.78 is 6.79. The van der Waals surface area contributed by atoms with Crippen LogP contribution in [-0.2, 0) is 6.42 Å². The lowest BCUT2D eigenvalue weighted by atomic mass is 9.96. The molecule has 1 heterocycles. The van der Waals surface area contributed by atoms with Gasteiger partial charge in [0, 0.05) is 21.5 Å². The third-order valence-corrected chi connectivity index (χ3v) is 4.24. The van der Waals surface area contributed by atoms with Crippen molar-refractivity contribution in [3.8, 4) is 5.75 Å². The summed E-state index contributed by atoms with van der Waals surface area (Å²) in [6.07, 6.45) is 0.985. The largest absolute Gasteiger partial charge is 0.493 e. The molecule has 1 N–H and O–H groups in total. The van der Waals surface area contributed by atoms with E-state index in [1.54, 1.807) is 0 Å². The molecule has 0 amide bonds. The van der Waals surface area contributed by atoms with E-state index in [-0.39, 0.29) is 6.04 Å². The van der Waals surface area contributed by atoms with Gasteiger partial charge in [-0.3, -0.25) is 0 Å². The maximum atomic E-state index is 6.17. The number of para-hydroxylation sites is 1. The van der Waals surface area contributed by atoms with Crippen molar-refractivity contribution in [3.63, 3.8) is 0 Å². The Bertz CT molecular complexity index is 624. The predicted molar refractivity (Wildman–Crippen MR) is 85.7 cm³/mol. The Labute approximate surface area is 132 Å². The summed E-state index contributed by atoms with van der Waals surface area (Å²) >= 11 is 9.67. The molecule has 1 unspecified atom stereocenters. The van der Waals surface area contributed by atoms with Gasteiger partial charge < -0.3 is 10.1 Å². The summed E-state index contributed by atoms with van der Waals surface area (Å²) in [5.41, 5.74) is 3.57. The summed E-state index contributed by atoms with van der Waals surface area (Å²) in [6, 6.07) is 12.4. The fourth-order valence-electron chi connectivity index (χ4n) is 2.71. The van der Waals surface area contributed by atoms with Crippen molar-refractivity contribution in [1.29, 1.82) is 0 Å². The van der Waals surface area contributed by atoms with E-state index >= 15 is 0 Å². The SMILES string of the molecule is CNC(c1cc(Cl)cc(Br)c1)c1cccc2c1OCC2. The molecule has 2 aromatic carbocycles. The summed E-state index contributed by atoms with van der Waals surface area (Å²) in [6.45, 7) is 0.766. The van der Waals surface area contributed by atoms with E-state index in [0.29, 0.717) is 0 Å². The maximum absolute atomic E-state index is 6.17. The normalized spacial score (nSPS) is 14.8. The molecule has 1 aliphatic rings. The molecule has 0 fully saturated rings. The van der Waals surface area contributed by atoms with Crippen LogP contribution in [0.3, 0.4) is 0 Å². The third kappa shape index (κ3) is 2.58. The molecular weight excluding hydrogens is 338 g/mol. The Morgan fingerprint density at radius 3 is 2.90 bits per heavy atom. The third-order valence-electron chi connectivity index (χ3n) is 3.56. The molecule has 0 bridgehead atoms. The molecule has 1 aliphatic heterocycles. The monoisotopic (exact) mass is 351 g/mol. The highest BCUT2D eigenvalue weighted by atomic mass is 79.9. The van der Waals surface area contributed by atoms with E-state index in [4.69, 9.17) is 16.3 Å². The van der Waals surface area contributed by atoms with Gasteiger partial charge in [-0.1, -0.05) is 45.7 Å². The number of hydrogen-bond acceptors (Lipinski definition) is 2. The number of benzene rings is 2. The van der Waals surface area contributed by atoms with Crippen molar-refractivity contribution in [2.45, 2.75) is 12.5 Å². The summed E-state index contributed by atoms with van der Waals surface area (Å²) in [5, 5.41) is 4.08. The van der Waals surface area contributed by atoms with E-state index in [1.807, 2.05) is 19.2 Å². The van der Waals surface area contributed by atoms with Crippen LogP contribution in [0.15, 0.2) is 40.9 Å². The smallest absolute Gasteiger partial charge is 0.127 e. The predicted octanol–water partition coefficient (Wildman–Crippen LogP) is 4.35. The van der Waals surface area contributed by atoms with Crippen molar-refractivity contribution in [2.75, 3.05) is 13.7 Å². The van der Waals surface area contributed by atoms with Crippen LogP contribution in [0.5, 0.6) is 5.75 Å². The topological polar surface area (TPSA) is 21.3 Å². The molecule has 20 heavy (non-hydrogen) atoms. The molecule has 0 saturated carbocycles. The van der Waals surface area contributed by atoms with Crippen LogP contribution < -0.4 is 10.1 Å². The fraction of sp³-hybridized carbons (Fsp3) is 0.250. The molecule has 2 nitrogen and oxygen atoms in total. The van der Waals surface area contributed by atoms with Gasteiger partial charge >= 0.3 is 0 Å². The lowest BCUT2D eigenvalue weighted by Gasteiger charge is -2.20. The second-order valence-electron chi connectivity index (χ2n) is 4.86. The molecule has 2 aromatic rings. The van der Waals surface area contributed by atoms with Crippen LogP contribution in [-0.4, -0.2) is 13.7 Å². The number of hydrogen-bond donors (Lipinski definition) is 1. The molecule has 0 saturated heterocycles. The number of nitrogens with one attached hydrogen (secondary N) is 1. The fourth-order valence-corrected chi connectivity index (χ4v) is 3.60. The minimum Gasteiger partial charge on any atom is -0.493 e. The van der Waals surface area contributed by atoms with E-state index in [2.05, 4.69) is 45.5 Å². The van der Waals surface area contributed by atoms with Crippen LogP contribution in [0.2, 0.25) is 5.02 Å². The van der Waals surface area contributed by atoms with Gasteiger partial charge in [-0.2, -0.15) is 0 Å². The summed E-state index contributed by atoms with van der Waals surface area (Å²) in [7, 11) is 1.95. The first kappa shape index (κ1) is 13.9. The van der Waals surface area contributed by atoms with Gasteiger partial charge in [-0.05, 0) is 36.4 Å². The standard InChI is InChI=1S/C16H15BrClNO/c1-19-15(11-7-12(17)9-13(18)8-11)14-4-2-3-10-5-6-20-16(10)14/h2-4,7-9,15,19H,5-6H2,1H3. The Morgan fingerprint density at radius 1 is 1.30 bits per heavy atom. The molecule has 0 aliphatic carbocycles. The zero-order valence-electron chi connectivity index (χ0n) is 11.1. The number of ether oxygens (including phenoxy) is 1. The Hall–Kier alpha value is -1.03. The van der Waals surface area contributed by atoms with E-state index in [9.17, 15) is 0 Å². The molecule has 4 heteroatoms. The van der Waals surface area contributed by atoms with Gasteiger partial charge in [-0.15, -0.1) is 0 Å². The molecule has 104 valence electrons. The first-order valence-corrected chi connectivity index (χ1v) is 7.74. The van der Waals surface area contributed by atoms with Crippen molar-refractivity contribution >= 4 is 27.5 Å². The first-order valence-electron chi connectivity index (χ1n) is 6.57. The quantitative estimate of drug-likeness (QED) is 0.887. The highest BCUT2D eigenvalue weighted by Crippen LogP contribution is 2.37. The van der Waals surface area contributed by atoms with Crippen LogP contribution in [0.25, 0.3) is 0 Å². The Balaban J connectivity index is 2.08. The number of halogens is 2. The van der Waals surface area contributed by atoms with Gasteiger partial charge in [0.1, 0.15) is 5.75 Å². The first-order chi connectivity index (χ1) is 9.69. The van der Waals surface area contributed by atoms with E-state index in [1.165, 1.54) is 5.56 Å². The minimum atomic E-state index is 0.0676. The van der Waals surface area contributed by atoms with Crippen molar-refractivity contribution in [1.82, 2.24) is 5.32 Å². The van der Waals surface area contributed by atoms with Crippen LogP contribution in [0.4, 0.5) is 0 Å². The molecule has 0 aromatic heterocycles. The second-order valence-corrected chi connectivity index (χ2v) is 6.21. The summed E-state index contributed by atoms with van der Waals surface area (Å²) in [4.78, 5) is 0. The van der Waals surface area contributed by atoms with Crippen LogP contribution in [0, 0.1) is 0 Å². The molecular formula is C16H15BrClNO. The van der Waals surface area contributed by atoms with Crippen molar-refractivity contribution in [3.05, 3.63) is 62.6 Å². The van der Waals surface area contributed by atoms with Gasteiger partial charge in [0.15, 0.2) is 0 Å². The van der Waals surface area contributed by atoms with Gasteiger partial charge in [0.25, 0.3) is 0 Å². The van der Waals surface area contributed by atoms with Gasteiger partial charge in [0.05, 0.1) is 12.6 Å². The second kappa shape index (κ2) is 5.76. The molecule has 1 atom stereocenters. The highest BCUT2D eigenvalue weighted by Gasteiger charge is 2.22. The maximum Gasteiger partial charge on any atom is 0.127 e. The Kier molecular flexibility index (Phi) is 4.01. The minimum absolute atomic E-state index is 0.0676. The van der Waals surface area contributed by atoms with Crippen molar-refractivity contribution < 1.29 is 4.74 Å².